The van der Waals surface area contributed by atoms with Gasteiger partial charge in [0.05, 0.1) is 5.70 Å². The van der Waals surface area contributed by atoms with Crippen molar-refractivity contribution in [2.75, 3.05) is 0 Å². The van der Waals surface area contributed by atoms with E-state index >= 15 is 0 Å². The van der Waals surface area contributed by atoms with E-state index in [4.69, 9.17) is 4.99 Å². The second kappa shape index (κ2) is 7.34. The smallest absolute Gasteiger partial charge is 0.194 e. The zero-order chi connectivity index (χ0) is 20.7. The standard InChI is InChI=1S/C27H23N2O/c1-3-17-13-15-23(28-17)26(24-16-14-18(4-2)29-24)25-19-9-5-7-11-21(19)27(30)22-12-8-6-10-20(22)25/h5-16,28H,3-4H2,1-2H3/b26-24+. The van der Waals surface area contributed by atoms with Crippen molar-refractivity contribution in [1.29, 1.82) is 0 Å². The fraction of sp³-hybridized carbons (Fsp3) is 0.148. The summed E-state index contributed by atoms with van der Waals surface area (Å²) in [6.45, 7) is 4.26. The van der Waals surface area contributed by atoms with E-state index in [9.17, 15) is 5.11 Å². The minimum Gasteiger partial charge on any atom is -0.358 e. The number of aromatic nitrogens is 1. The van der Waals surface area contributed by atoms with Gasteiger partial charge in [0.15, 0.2) is 5.75 Å². The molecule has 5 rings (SSSR count). The molecule has 1 aliphatic rings. The molecule has 0 amide bonds. The number of aromatic amines is 1. The molecule has 2 heterocycles. The first-order chi connectivity index (χ1) is 14.7. The lowest BCUT2D eigenvalue weighted by atomic mass is 9.89. The molecule has 3 aromatic carbocycles. The number of H-pyrrole nitrogens is 1. The van der Waals surface area contributed by atoms with E-state index in [0.29, 0.717) is 0 Å². The predicted octanol–water partition coefficient (Wildman–Crippen LogP) is 7.21. The lowest BCUT2D eigenvalue weighted by molar-refractivity contribution is 0.365. The van der Waals surface area contributed by atoms with Gasteiger partial charge in [-0.1, -0.05) is 62.4 Å². The van der Waals surface area contributed by atoms with E-state index in [-0.39, 0.29) is 5.75 Å². The lowest BCUT2D eigenvalue weighted by Crippen LogP contribution is -1.97. The molecule has 0 saturated carbocycles. The van der Waals surface area contributed by atoms with E-state index in [1.54, 1.807) is 0 Å². The zero-order valence-electron chi connectivity index (χ0n) is 17.2. The third-order valence-electron chi connectivity index (χ3n) is 5.84. The zero-order valence-corrected chi connectivity index (χ0v) is 17.2. The number of aryl methyl sites for hydroxylation is 1. The van der Waals surface area contributed by atoms with Crippen LogP contribution in [0.15, 0.2) is 83.5 Å². The minimum atomic E-state index is 0.0785. The number of rotatable bonds is 4. The predicted molar refractivity (Wildman–Crippen MR) is 125 cm³/mol. The third-order valence-corrected chi connectivity index (χ3v) is 5.84. The Balaban J connectivity index is 1.95. The first-order valence-corrected chi connectivity index (χ1v) is 10.5. The van der Waals surface area contributed by atoms with Crippen LogP contribution in [0.25, 0.3) is 27.1 Å². The van der Waals surface area contributed by atoms with E-state index in [2.05, 4.69) is 43.1 Å². The number of hydrogen-bond acceptors (Lipinski definition) is 1. The molecule has 0 aliphatic carbocycles. The number of aliphatic imine (C=N–C) groups is 1. The summed E-state index contributed by atoms with van der Waals surface area (Å²) in [5, 5.41) is 16.6. The Morgan fingerprint density at radius 2 is 1.43 bits per heavy atom. The summed E-state index contributed by atoms with van der Waals surface area (Å²) >= 11 is 0. The molecule has 0 fully saturated rings. The fourth-order valence-electron chi connectivity index (χ4n) is 4.29. The molecular formula is C27H23N2O. The molecule has 30 heavy (non-hydrogen) atoms. The van der Waals surface area contributed by atoms with Gasteiger partial charge in [-0.3, -0.25) is 10.1 Å². The molecule has 0 bridgehead atoms. The molecule has 0 spiro atoms. The highest BCUT2D eigenvalue weighted by atomic mass is 16.3. The van der Waals surface area contributed by atoms with Gasteiger partial charge in [0.25, 0.3) is 0 Å². The highest BCUT2D eigenvalue weighted by Gasteiger charge is 2.22. The maximum absolute atomic E-state index is 13.2. The van der Waals surface area contributed by atoms with E-state index in [1.165, 1.54) is 5.69 Å². The quantitative estimate of drug-likeness (QED) is 0.357. The van der Waals surface area contributed by atoms with Crippen LogP contribution < -0.4 is 0 Å². The Morgan fingerprint density at radius 1 is 0.800 bits per heavy atom. The maximum atomic E-state index is 13.2. The van der Waals surface area contributed by atoms with Crippen LogP contribution in [-0.4, -0.2) is 10.7 Å². The number of fused-ring (bicyclic) bond motifs is 2. The van der Waals surface area contributed by atoms with Gasteiger partial charge in [-0.15, -0.1) is 0 Å². The summed E-state index contributed by atoms with van der Waals surface area (Å²) in [4.78, 5) is 8.49. The van der Waals surface area contributed by atoms with Crippen LogP contribution in [-0.2, 0) is 11.5 Å². The van der Waals surface area contributed by atoms with Crippen LogP contribution in [0.4, 0.5) is 0 Å². The summed E-state index contributed by atoms with van der Waals surface area (Å²) < 4.78 is 0. The van der Waals surface area contributed by atoms with Crippen molar-refractivity contribution in [3.05, 3.63) is 95.5 Å². The van der Waals surface area contributed by atoms with Gasteiger partial charge in [0, 0.05) is 39.0 Å². The summed E-state index contributed by atoms with van der Waals surface area (Å²) in [6.07, 6.45) is 6.00. The minimum absolute atomic E-state index is 0.0785. The summed E-state index contributed by atoms with van der Waals surface area (Å²) in [5.41, 5.74) is 6.32. The highest BCUT2D eigenvalue weighted by Crippen LogP contribution is 2.44. The van der Waals surface area contributed by atoms with Crippen molar-refractivity contribution in [3.63, 3.8) is 0 Å². The normalized spacial score (nSPS) is 15.2. The van der Waals surface area contributed by atoms with Crippen molar-refractivity contribution < 1.29 is 5.11 Å². The van der Waals surface area contributed by atoms with Crippen LogP contribution in [0, 0.1) is 0 Å². The second-order valence-corrected chi connectivity index (χ2v) is 7.60. The molecule has 1 aromatic heterocycles. The first-order valence-electron chi connectivity index (χ1n) is 10.5. The second-order valence-electron chi connectivity index (χ2n) is 7.60. The molecule has 1 N–H and O–H groups in total. The molecule has 147 valence electrons. The van der Waals surface area contributed by atoms with Crippen LogP contribution in [0.2, 0.25) is 0 Å². The SMILES string of the molecule is CCC1=N/C(=C(\c2ccc(CC)[nH]2)c2c3ccccc3c([O])c3ccccc23)C=C1. The van der Waals surface area contributed by atoms with E-state index in [0.717, 1.165) is 62.6 Å². The van der Waals surface area contributed by atoms with Crippen LogP contribution in [0.5, 0.6) is 5.75 Å². The van der Waals surface area contributed by atoms with Crippen molar-refractivity contribution >= 4 is 32.8 Å². The Labute approximate surface area is 176 Å². The van der Waals surface area contributed by atoms with Gasteiger partial charge in [-0.25, -0.2) is 0 Å². The molecular weight excluding hydrogens is 368 g/mol. The largest absolute Gasteiger partial charge is 0.358 e. The molecule has 3 nitrogen and oxygen atoms in total. The van der Waals surface area contributed by atoms with Gasteiger partial charge in [-0.05, 0) is 47.9 Å². The molecule has 1 aliphatic heterocycles. The number of benzene rings is 3. The average Bonchev–Trinajstić information content (AvgIpc) is 3.46. The van der Waals surface area contributed by atoms with Crippen molar-refractivity contribution in [2.24, 2.45) is 4.99 Å². The third kappa shape index (κ3) is 2.86. The first kappa shape index (κ1) is 18.4. The maximum Gasteiger partial charge on any atom is 0.194 e. The Morgan fingerprint density at radius 3 is 1.97 bits per heavy atom. The molecule has 0 unspecified atom stereocenters. The highest BCUT2D eigenvalue weighted by molar-refractivity contribution is 6.16. The molecule has 1 radical (unpaired) electrons. The van der Waals surface area contributed by atoms with Crippen LogP contribution >= 0.6 is 0 Å². The number of allylic oxidation sites excluding steroid dienone is 2. The van der Waals surface area contributed by atoms with Gasteiger partial charge in [0.2, 0.25) is 0 Å². The summed E-state index contributed by atoms with van der Waals surface area (Å²) in [5.74, 6) is 0.0785. The number of nitrogens with zero attached hydrogens (tertiary/aromatic N) is 1. The number of nitrogens with one attached hydrogen (secondary N) is 1. The van der Waals surface area contributed by atoms with Gasteiger partial charge in [0.1, 0.15) is 0 Å². The lowest BCUT2D eigenvalue weighted by Gasteiger charge is -2.16. The summed E-state index contributed by atoms with van der Waals surface area (Å²) in [7, 11) is 0. The van der Waals surface area contributed by atoms with Gasteiger partial charge in [-0.2, -0.15) is 0 Å². The molecule has 0 saturated heterocycles. The van der Waals surface area contributed by atoms with Crippen molar-refractivity contribution in [1.82, 2.24) is 4.98 Å². The monoisotopic (exact) mass is 391 g/mol. The fourth-order valence-corrected chi connectivity index (χ4v) is 4.29. The average molecular weight is 391 g/mol. The van der Waals surface area contributed by atoms with E-state index < -0.39 is 0 Å². The molecule has 3 heteroatoms. The number of hydrogen-bond donors (Lipinski definition) is 1. The van der Waals surface area contributed by atoms with Crippen molar-refractivity contribution in [2.45, 2.75) is 26.7 Å². The van der Waals surface area contributed by atoms with Gasteiger partial charge >= 0.3 is 0 Å². The van der Waals surface area contributed by atoms with Gasteiger partial charge < -0.3 is 4.98 Å². The van der Waals surface area contributed by atoms with Crippen molar-refractivity contribution in [3.8, 4) is 5.75 Å². The topological polar surface area (TPSA) is 48.0 Å². The van der Waals surface area contributed by atoms with Crippen LogP contribution in [0.3, 0.4) is 0 Å². The van der Waals surface area contributed by atoms with E-state index in [1.807, 2.05) is 48.5 Å². The Bertz CT molecular complexity index is 1310. The Kier molecular flexibility index (Phi) is 4.51. The Hall–Kier alpha value is -3.59. The summed E-state index contributed by atoms with van der Waals surface area (Å²) in [6, 6.07) is 20.1. The molecule has 4 aromatic rings. The van der Waals surface area contributed by atoms with Crippen LogP contribution in [0.1, 0.15) is 37.2 Å². The molecule has 0 atom stereocenters.